The number of hydrogen-bond acceptors (Lipinski definition) is 5. The monoisotopic (exact) mass is 306 g/mol. The summed E-state index contributed by atoms with van der Waals surface area (Å²) >= 11 is 0. The number of rotatable bonds is 6. The van der Waals surface area contributed by atoms with Crippen LogP contribution in [-0.2, 0) is 16.6 Å². The lowest BCUT2D eigenvalue weighted by molar-refractivity contribution is 0.581. The molecule has 0 saturated heterocycles. The lowest BCUT2D eigenvalue weighted by Gasteiger charge is -2.08. The van der Waals surface area contributed by atoms with E-state index in [0.29, 0.717) is 12.4 Å². The minimum Gasteiger partial charge on any atom is -0.370 e. The molecule has 0 amide bonds. The predicted molar refractivity (Wildman–Crippen MR) is 81.4 cm³/mol. The van der Waals surface area contributed by atoms with Gasteiger partial charge in [-0.2, -0.15) is 0 Å². The van der Waals surface area contributed by atoms with E-state index in [9.17, 15) is 8.42 Å². The van der Waals surface area contributed by atoms with Crippen molar-refractivity contribution in [2.75, 3.05) is 11.9 Å². The Morgan fingerprint density at radius 3 is 2.67 bits per heavy atom. The van der Waals surface area contributed by atoms with E-state index in [-0.39, 0.29) is 11.4 Å². The van der Waals surface area contributed by atoms with Gasteiger partial charge in [0.05, 0.1) is 4.90 Å². The topological polar surface area (TPSA) is 84.0 Å². The van der Waals surface area contributed by atoms with Crippen molar-refractivity contribution in [3.8, 4) is 0 Å². The van der Waals surface area contributed by atoms with Crippen LogP contribution in [0.25, 0.3) is 0 Å². The highest BCUT2D eigenvalue weighted by molar-refractivity contribution is 7.89. The van der Waals surface area contributed by atoms with E-state index >= 15 is 0 Å². The molecule has 2 aromatic heterocycles. The summed E-state index contributed by atoms with van der Waals surface area (Å²) in [5, 5.41) is 2.99. The quantitative estimate of drug-likeness (QED) is 0.848. The second-order valence-corrected chi connectivity index (χ2v) is 6.31. The van der Waals surface area contributed by atoms with Crippen LogP contribution in [0.1, 0.15) is 18.2 Å². The van der Waals surface area contributed by atoms with Crippen LogP contribution < -0.4 is 10.0 Å². The number of anilines is 1. The van der Waals surface area contributed by atoms with Crippen LogP contribution in [0.2, 0.25) is 0 Å². The Labute approximate surface area is 124 Å². The molecule has 0 unspecified atom stereocenters. The molecular formula is C14H18N4O2S. The van der Waals surface area contributed by atoms with Crippen LogP contribution in [-0.4, -0.2) is 24.9 Å². The summed E-state index contributed by atoms with van der Waals surface area (Å²) in [5.74, 6) is 0.539. The number of nitrogens with zero attached hydrogens (tertiary/aromatic N) is 2. The third kappa shape index (κ3) is 4.24. The van der Waals surface area contributed by atoms with Crippen LogP contribution >= 0.6 is 0 Å². The van der Waals surface area contributed by atoms with E-state index in [1.165, 1.54) is 18.3 Å². The standard InChI is InChI=1S/C14H18N4O2S/c1-3-15-14-8-13(6-7-16-14)21(19,20)18-10-12-5-4-11(2)17-9-12/h4-9,18H,3,10H2,1-2H3,(H,15,16). The van der Waals surface area contributed by atoms with Gasteiger partial charge in [0.25, 0.3) is 0 Å². The summed E-state index contributed by atoms with van der Waals surface area (Å²) in [6.45, 7) is 4.69. The Morgan fingerprint density at radius 2 is 2.00 bits per heavy atom. The fourth-order valence-electron chi connectivity index (χ4n) is 1.72. The molecule has 7 heteroatoms. The Kier molecular flexibility index (Phi) is 4.87. The van der Waals surface area contributed by atoms with Crippen molar-refractivity contribution in [3.63, 3.8) is 0 Å². The first-order chi connectivity index (χ1) is 10.0. The van der Waals surface area contributed by atoms with Crippen molar-refractivity contribution < 1.29 is 8.42 Å². The van der Waals surface area contributed by atoms with Gasteiger partial charge in [-0.15, -0.1) is 0 Å². The molecule has 0 spiro atoms. The fourth-order valence-corrected chi connectivity index (χ4v) is 2.75. The highest BCUT2D eigenvalue weighted by Crippen LogP contribution is 2.13. The van der Waals surface area contributed by atoms with Crippen molar-refractivity contribution in [1.29, 1.82) is 0 Å². The van der Waals surface area contributed by atoms with Gasteiger partial charge in [-0.05, 0) is 31.5 Å². The summed E-state index contributed by atoms with van der Waals surface area (Å²) in [7, 11) is -3.57. The van der Waals surface area contributed by atoms with Gasteiger partial charge in [0.15, 0.2) is 0 Å². The third-order valence-corrected chi connectivity index (χ3v) is 4.24. The lowest BCUT2D eigenvalue weighted by Crippen LogP contribution is -2.23. The van der Waals surface area contributed by atoms with Gasteiger partial charge in [0.2, 0.25) is 10.0 Å². The second-order valence-electron chi connectivity index (χ2n) is 4.54. The molecule has 2 N–H and O–H groups in total. The average molecular weight is 306 g/mol. The molecule has 0 atom stereocenters. The molecule has 0 radical (unpaired) electrons. The first-order valence-electron chi connectivity index (χ1n) is 6.62. The van der Waals surface area contributed by atoms with Crippen molar-refractivity contribution in [1.82, 2.24) is 14.7 Å². The average Bonchev–Trinajstić information content (AvgIpc) is 2.47. The summed E-state index contributed by atoms with van der Waals surface area (Å²) in [4.78, 5) is 8.38. The molecule has 2 heterocycles. The normalized spacial score (nSPS) is 11.3. The van der Waals surface area contributed by atoms with Crippen molar-refractivity contribution >= 4 is 15.8 Å². The summed E-state index contributed by atoms with van der Waals surface area (Å²) < 4.78 is 27.0. The minimum atomic E-state index is -3.57. The minimum absolute atomic E-state index is 0.188. The SMILES string of the molecule is CCNc1cc(S(=O)(=O)NCc2ccc(C)nc2)ccn1. The van der Waals surface area contributed by atoms with E-state index in [0.717, 1.165) is 11.3 Å². The molecule has 0 saturated carbocycles. The smallest absolute Gasteiger partial charge is 0.241 e. The van der Waals surface area contributed by atoms with E-state index in [2.05, 4.69) is 20.0 Å². The zero-order valence-corrected chi connectivity index (χ0v) is 12.8. The number of sulfonamides is 1. The molecular weight excluding hydrogens is 288 g/mol. The first-order valence-corrected chi connectivity index (χ1v) is 8.10. The number of aromatic nitrogens is 2. The third-order valence-electron chi connectivity index (χ3n) is 2.84. The van der Waals surface area contributed by atoms with E-state index < -0.39 is 10.0 Å². The van der Waals surface area contributed by atoms with Gasteiger partial charge in [-0.25, -0.2) is 18.1 Å². The summed E-state index contributed by atoms with van der Waals surface area (Å²) in [6.07, 6.45) is 3.13. The molecule has 0 aliphatic heterocycles. The van der Waals surface area contributed by atoms with Gasteiger partial charge in [-0.1, -0.05) is 6.07 Å². The van der Waals surface area contributed by atoms with Crippen LogP contribution in [0, 0.1) is 6.92 Å². The number of pyridine rings is 2. The van der Waals surface area contributed by atoms with Gasteiger partial charge in [0.1, 0.15) is 5.82 Å². The lowest BCUT2D eigenvalue weighted by atomic mass is 10.2. The van der Waals surface area contributed by atoms with Gasteiger partial charge >= 0.3 is 0 Å². The molecule has 21 heavy (non-hydrogen) atoms. The Morgan fingerprint density at radius 1 is 1.19 bits per heavy atom. The van der Waals surface area contributed by atoms with E-state index in [4.69, 9.17) is 0 Å². The molecule has 0 aliphatic carbocycles. The molecule has 0 fully saturated rings. The molecule has 2 aromatic rings. The van der Waals surface area contributed by atoms with Crippen molar-refractivity contribution in [2.24, 2.45) is 0 Å². The summed E-state index contributed by atoms with van der Waals surface area (Å²) in [5.41, 5.74) is 1.70. The molecule has 112 valence electrons. The number of hydrogen-bond donors (Lipinski definition) is 2. The highest BCUT2D eigenvalue weighted by atomic mass is 32.2. The van der Waals surface area contributed by atoms with Gasteiger partial charge < -0.3 is 5.32 Å². The number of aryl methyl sites for hydroxylation is 1. The first kappa shape index (κ1) is 15.4. The van der Waals surface area contributed by atoms with Crippen LogP contribution in [0.3, 0.4) is 0 Å². The maximum Gasteiger partial charge on any atom is 0.241 e. The maximum atomic E-state index is 12.2. The second kappa shape index (κ2) is 6.64. The van der Waals surface area contributed by atoms with Crippen molar-refractivity contribution in [2.45, 2.75) is 25.3 Å². The molecule has 0 bridgehead atoms. The Bertz CT molecular complexity index is 699. The predicted octanol–water partition coefficient (Wildman–Crippen LogP) is 1.70. The molecule has 0 aliphatic rings. The Hall–Kier alpha value is -1.99. The Balaban J connectivity index is 2.11. The van der Waals surface area contributed by atoms with Crippen molar-refractivity contribution in [3.05, 3.63) is 47.9 Å². The van der Waals surface area contributed by atoms with Crippen LogP contribution in [0.4, 0.5) is 5.82 Å². The maximum absolute atomic E-state index is 12.2. The number of nitrogens with one attached hydrogen (secondary N) is 2. The fraction of sp³-hybridized carbons (Fsp3) is 0.286. The van der Waals surface area contributed by atoms with Crippen LogP contribution in [0.15, 0.2) is 41.6 Å². The molecule has 2 rings (SSSR count). The zero-order valence-electron chi connectivity index (χ0n) is 12.0. The van der Waals surface area contributed by atoms with Crippen LogP contribution in [0.5, 0.6) is 0 Å². The molecule has 0 aromatic carbocycles. The van der Waals surface area contributed by atoms with Gasteiger partial charge in [0, 0.05) is 37.2 Å². The zero-order chi connectivity index (χ0) is 15.3. The van der Waals surface area contributed by atoms with Gasteiger partial charge in [-0.3, -0.25) is 4.98 Å². The molecule has 6 nitrogen and oxygen atoms in total. The summed E-state index contributed by atoms with van der Waals surface area (Å²) in [6, 6.07) is 6.68. The van der Waals surface area contributed by atoms with E-state index in [1.807, 2.05) is 26.0 Å². The van der Waals surface area contributed by atoms with E-state index in [1.54, 1.807) is 6.20 Å². The highest BCUT2D eigenvalue weighted by Gasteiger charge is 2.14. The largest absolute Gasteiger partial charge is 0.370 e.